The molecule has 3 rings (SSSR count). The molecule has 0 saturated heterocycles. The second-order valence-electron chi connectivity index (χ2n) is 4.52. The highest BCUT2D eigenvalue weighted by Gasteiger charge is 2.41. The van der Waals surface area contributed by atoms with Crippen molar-refractivity contribution in [3.63, 3.8) is 0 Å². The maximum atomic E-state index is 5.87. The smallest absolute Gasteiger partial charge is 0.133 e. The van der Waals surface area contributed by atoms with Crippen molar-refractivity contribution in [2.75, 3.05) is 0 Å². The van der Waals surface area contributed by atoms with Gasteiger partial charge >= 0.3 is 0 Å². The van der Waals surface area contributed by atoms with Gasteiger partial charge in [0, 0.05) is 12.1 Å². The Labute approximate surface area is 88.7 Å². The third-order valence-corrected chi connectivity index (χ3v) is 3.92. The third kappa shape index (κ3) is 1.33. The summed E-state index contributed by atoms with van der Waals surface area (Å²) in [6, 6.07) is 1.75. The van der Waals surface area contributed by atoms with Gasteiger partial charge in [-0.05, 0) is 37.2 Å². The Morgan fingerprint density at radius 3 is 2.86 bits per heavy atom. The largest absolute Gasteiger partial charge is 0.241 e. The summed E-state index contributed by atoms with van der Waals surface area (Å²) in [5.74, 6) is 3.34. The first-order chi connectivity index (χ1) is 6.83. The zero-order chi connectivity index (χ0) is 9.54. The van der Waals surface area contributed by atoms with E-state index in [0.717, 1.165) is 17.7 Å². The highest BCUT2D eigenvalue weighted by atomic mass is 35.5. The summed E-state index contributed by atoms with van der Waals surface area (Å²) in [7, 11) is 0. The van der Waals surface area contributed by atoms with Crippen molar-refractivity contribution in [1.82, 2.24) is 9.97 Å². The Balaban J connectivity index is 1.89. The van der Waals surface area contributed by atoms with Crippen molar-refractivity contribution in [2.45, 2.75) is 31.6 Å². The number of halogens is 1. The normalized spacial score (nSPS) is 35.1. The van der Waals surface area contributed by atoms with E-state index in [4.69, 9.17) is 11.6 Å². The van der Waals surface area contributed by atoms with Crippen LogP contribution in [-0.4, -0.2) is 9.97 Å². The number of fused-ring (bicyclic) bond motifs is 2. The van der Waals surface area contributed by atoms with Crippen molar-refractivity contribution in [1.29, 1.82) is 0 Å². The van der Waals surface area contributed by atoms with Crippen LogP contribution in [-0.2, 0) is 0 Å². The van der Waals surface area contributed by atoms with Crippen LogP contribution in [0.1, 0.15) is 37.4 Å². The van der Waals surface area contributed by atoms with E-state index >= 15 is 0 Å². The van der Waals surface area contributed by atoms with Gasteiger partial charge < -0.3 is 0 Å². The molecule has 0 radical (unpaired) electrons. The van der Waals surface area contributed by atoms with Gasteiger partial charge in [-0.2, -0.15) is 0 Å². The first-order valence-electron chi connectivity index (χ1n) is 5.31. The molecule has 2 aliphatic rings. The van der Waals surface area contributed by atoms with E-state index in [1.165, 1.54) is 25.7 Å². The Hall–Kier alpha value is -0.630. The molecule has 1 heterocycles. The van der Waals surface area contributed by atoms with Gasteiger partial charge in [-0.1, -0.05) is 18.0 Å². The molecule has 74 valence electrons. The lowest BCUT2D eigenvalue weighted by Crippen LogP contribution is -2.11. The molecule has 2 fully saturated rings. The van der Waals surface area contributed by atoms with Crippen LogP contribution in [0.5, 0.6) is 0 Å². The molecule has 3 atom stereocenters. The lowest BCUT2D eigenvalue weighted by atomic mass is 9.88. The minimum Gasteiger partial charge on any atom is -0.241 e. The topological polar surface area (TPSA) is 25.8 Å². The van der Waals surface area contributed by atoms with Crippen molar-refractivity contribution in [3.8, 4) is 0 Å². The predicted octanol–water partition coefficient (Wildman–Crippen LogP) is 3.03. The number of hydrogen-bond acceptors (Lipinski definition) is 2. The molecule has 1 aromatic heterocycles. The van der Waals surface area contributed by atoms with Crippen molar-refractivity contribution >= 4 is 11.6 Å². The molecule has 1 aromatic rings. The van der Waals surface area contributed by atoms with Gasteiger partial charge in [-0.25, -0.2) is 9.97 Å². The average molecular weight is 209 g/mol. The van der Waals surface area contributed by atoms with Crippen molar-refractivity contribution in [3.05, 3.63) is 23.2 Å². The molecular formula is C11H13ClN2. The Kier molecular flexibility index (Phi) is 1.98. The maximum absolute atomic E-state index is 5.87. The van der Waals surface area contributed by atoms with Crippen LogP contribution in [0.25, 0.3) is 0 Å². The van der Waals surface area contributed by atoms with Gasteiger partial charge in [-0.3, -0.25) is 0 Å². The maximum Gasteiger partial charge on any atom is 0.133 e. The zero-order valence-electron chi connectivity index (χ0n) is 7.99. The molecule has 3 heteroatoms. The summed E-state index contributed by atoms with van der Waals surface area (Å²) in [4.78, 5) is 8.67. The summed E-state index contributed by atoms with van der Waals surface area (Å²) in [6.07, 6.45) is 7.23. The van der Waals surface area contributed by atoms with E-state index in [1.807, 2.05) is 0 Å². The summed E-state index contributed by atoms with van der Waals surface area (Å²) < 4.78 is 0. The Morgan fingerprint density at radius 1 is 1.29 bits per heavy atom. The van der Waals surface area contributed by atoms with E-state index in [0.29, 0.717) is 11.1 Å². The van der Waals surface area contributed by atoms with Crippen molar-refractivity contribution in [2.24, 2.45) is 11.8 Å². The van der Waals surface area contributed by atoms with E-state index in [-0.39, 0.29) is 0 Å². The van der Waals surface area contributed by atoms with Crippen LogP contribution in [0.4, 0.5) is 0 Å². The van der Waals surface area contributed by atoms with Gasteiger partial charge in [0.05, 0.1) is 0 Å². The fraction of sp³-hybridized carbons (Fsp3) is 0.636. The molecule has 2 bridgehead atoms. The van der Waals surface area contributed by atoms with Crippen LogP contribution >= 0.6 is 11.6 Å². The molecule has 0 aromatic carbocycles. The standard InChI is InChI=1S/C11H13ClN2/c12-10-3-4-13-11(14-10)9-6-7-1-2-8(9)5-7/h3-4,7-9H,1-2,5-6H2. The minimum atomic E-state index is 0.581. The second kappa shape index (κ2) is 3.20. The molecule has 0 N–H and O–H groups in total. The molecule has 2 nitrogen and oxygen atoms in total. The Morgan fingerprint density at radius 2 is 2.21 bits per heavy atom. The molecule has 3 unspecified atom stereocenters. The molecular weight excluding hydrogens is 196 g/mol. The van der Waals surface area contributed by atoms with Gasteiger partial charge in [0.1, 0.15) is 11.0 Å². The van der Waals surface area contributed by atoms with E-state index in [2.05, 4.69) is 9.97 Å². The molecule has 14 heavy (non-hydrogen) atoms. The summed E-state index contributed by atoms with van der Waals surface area (Å²) >= 11 is 5.87. The third-order valence-electron chi connectivity index (χ3n) is 3.71. The minimum absolute atomic E-state index is 0.581. The van der Waals surface area contributed by atoms with Gasteiger partial charge in [0.15, 0.2) is 0 Å². The molecule has 0 spiro atoms. The van der Waals surface area contributed by atoms with Crippen LogP contribution in [0, 0.1) is 11.8 Å². The van der Waals surface area contributed by atoms with Crippen LogP contribution < -0.4 is 0 Å². The lowest BCUT2D eigenvalue weighted by molar-refractivity contribution is 0.405. The number of aromatic nitrogens is 2. The fourth-order valence-electron chi connectivity index (χ4n) is 3.09. The SMILES string of the molecule is Clc1ccnc(C2CC3CCC2C3)n1. The highest BCUT2D eigenvalue weighted by Crippen LogP contribution is 2.52. The predicted molar refractivity (Wildman–Crippen MR) is 55.2 cm³/mol. The molecule has 2 aliphatic carbocycles. The van der Waals surface area contributed by atoms with Crippen LogP contribution in [0.3, 0.4) is 0 Å². The van der Waals surface area contributed by atoms with Gasteiger partial charge in [0.2, 0.25) is 0 Å². The van der Waals surface area contributed by atoms with Gasteiger partial charge in [0.25, 0.3) is 0 Å². The first kappa shape index (κ1) is 8.66. The summed E-state index contributed by atoms with van der Waals surface area (Å²) in [6.45, 7) is 0. The van der Waals surface area contributed by atoms with E-state index < -0.39 is 0 Å². The highest BCUT2D eigenvalue weighted by molar-refractivity contribution is 6.29. The number of hydrogen-bond donors (Lipinski definition) is 0. The Bertz CT molecular complexity index is 353. The molecule has 0 aliphatic heterocycles. The quantitative estimate of drug-likeness (QED) is 0.663. The lowest BCUT2D eigenvalue weighted by Gasteiger charge is -2.19. The average Bonchev–Trinajstić information content (AvgIpc) is 2.78. The van der Waals surface area contributed by atoms with E-state index in [1.54, 1.807) is 12.3 Å². The number of nitrogens with zero attached hydrogens (tertiary/aromatic N) is 2. The summed E-state index contributed by atoms with van der Waals surface area (Å²) in [5.41, 5.74) is 0. The monoisotopic (exact) mass is 208 g/mol. The summed E-state index contributed by atoms with van der Waals surface area (Å²) in [5, 5.41) is 0.581. The van der Waals surface area contributed by atoms with Crippen LogP contribution in [0.2, 0.25) is 5.15 Å². The van der Waals surface area contributed by atoms with E-state index in [9.17, 15) is 0 Å². The first-order valence-corrected chi connectivity index (χ1v) is 5.69. The molecule has 0 amide bonds. The van der Waals surface area contributed by atoms with Crippen molar-refractivity contribution < 1.29 is 0 Å². The molecule has 2 saturated carbocycles. The van der Waals surface area contributed by atoms with Gasteiger partial charge in [-0.15, -0.1) is 0 Å². The zero-order valence-corrected chi connectivity index (χ0v) is 8.74. The second-order valence-corrected chi connectivity index (χ2v) is 4.91. The fourth-order valence-corrected chi connectivity index (χ4v) is 3.23. The number of rotatable bonds is 1. The van der Waals surface area contributed by atoms with Crippen LogP contribution in [0.15, 0.2) is 12.3 Å².